The van der Waals surface area contributed by atoms with Gasteiger partial charge in [0.2, 0.25) is 5.78 Å². The van der Waals surface area contributed by atoms with E-state index in [1.807, 2.05) is 36.7 Å². The van der Waals surface area contributed by atoms with Gasteiger partial charge in [-0.15, -0.1) is 0 Å². The number of aryl methyl sites for hydroxylation is 2. The number of nitrogens with zero attached hydrogens (tertiary/aromatic N) is 4. The lowest BCUT2D eigenvalue weighted by Gasteiger charge is -2.11. The molecule has 0 aliphatic rings. The van der Waals surface area contributed by atoms with Crippen LogP contribution in [0.1, 0.15) is 33.0 Å². The summed E-state index contributed by atoms with van der Waals surface area (Å²) in [5.41, 5.74) is 4.46. The van der Waals surface area contributed by atoms with Crippen LogP contribution in [-0.2, 0) is 13.6 Å². The molecule has 0 saturated heterocycles. The molecule has 7 heteroatoms. The Balaban J connectivity index is 1.87. The van der Waals surface area contributed by atoms with E-state index in [0.29, 0.717) is 12.2 Å². The van der Waals surface area contributed by atoms with E-state index in [4.69, 9.17) is 4.74 Å². The fourth-order valence-corrected chi connectivity index (χ4v) is 3.17. The van der Waals surface area contributed by atoms with Crippen molar-refractivity contribution in [3.8, 4) is 5.75 Å². The third kappa shape index (κ3) is 4.03. The molecule has 0 atom stereocenters. The molecule has 27 heavy (non-hydrogen) atoms. The highest BCUT2D eigenvalue weighted by atomic mass is 79.9. The second kappa shape index (κ2) is 7.92. The van der Waals surface area contributed by atoms with Crippen LogP contribution in [0.15, 0.2) is 41.0 Å². The average Bonchev–Trinajstić information content (AvgIpc) is 3.19. The number of rotatable bonds is 6. The zero-order valence-electron chi connectivity index (χ0n) is 15.7. The van der Waals surface area contributed by atoms with Gasteiger partial charge < -0.3 is 4.74 Å². The first-order valence-corrected chi connectivity index (χ1v) is 9.27. The van der Waals surface area contributed by atoms with Gasteiger partial charge in [0.15, 0.2) is 0 Å². The second-order valence-electron chi connectivity index (χ2n) is 6.25. The van der Waals surface area contributed by atoms with Crippen LogP contribution in [0.3, 0.4) is 0 Å². The first-order valence-electron chi connectivity index (χ1n) is 8.47. The summed E-state index contributed by atoms with van der Waals surface area (Å²) in [4.78, 5) is 12.3. The molecule has 0 fully saturated rings. The standard InChI is InChI=1S/C20H21BrN4O2/c1-13-20(21)14(2)25(23-13)12-16-11-15(6-8-19(16)27-4)5-7-18(26)17-9-10-22-24(17)3/h5-11H,12H2,1-4H3/b7-5+. The molecule has 1 aromatic carbocycles. The average molecular weight is 429 g/mol. The molecule has 3 rings (SSSR count). The number of aromatic nitrogens is 4. The zero-order chi connectivity index (χ0) is 19.6. The number of carbonyl (C=O) groups is 1. The summed E-state index contributed by atoms with van der Waals surface area (Å²) in [5.74, 6) is 0.698. The Morgan fingerprint density at radius 1 is 1.30 bits per heavy atom. The van der Waals surface area contributed by atoms with Crippen LogP contribution < -0.4 is 4.74 Å². The van der Waals surface area contributed by atoms with Gasteiger partial charge in [0.25, 0.3) is 0 Å². The van der Waals surface area contributed by atoms with Gasteiger partial charge in [-0.2, -0.15) is 10.2 Å². The van der Waals surface area contributed by atoms with E-state index in [2.05, 4.69) is 26.1 Å². The minimum atomic E-state index is -0.0881. The SMILES string of the molecule is COc1ccc(/C=C/C(=O)c2ccnn2C)cc1Cn1nc(C)c(Br)c1C. The number of methoxy groups -OCH3 is 1. The van der Waals surface area contributed by atoms with E-state index in [1.165, 1.54) is 0 Å². The Morgan fingerprint density at radius 2 is 2.07 bits per heavy atom. The molecule has 0 spiro atoms. The molecule has 0 aliphatic carbocycles. The Kier molecular flexibility index (Phi) is 5.60. The van der Waals surface area contributed by atoms with E-state index >= 15 is 0 Å². The number of ketones is 1. The van der Waals surface area contributed by atoms with Crippen LogP contribution in [-0.4, -0.2) is 32.5 Å². The van der Waals surface area contributed by atoms with E-state index in [0.717, 1.165) is 32.7 Å². The third-order valence-electron chi connectivity index (χ3n) is 4.42. The molecular weight excluding hydrogens is 408 g/mol. The molecule has 0 unspecified atom stereocenters. The summed E-state index contributed by atoms with van der Waals surface area (Å²) in [6, 6.07) is 7.54. The molecule has 0 radical (unpaired) electrons. The quantitative estimate of drug-likeness (QED) is 0.440. The normalized spacial score (nSPS) is 11.3. The Bertz CT molecular complexity index is 1020. The van der Waals surface area contributed by atoms with E-state index in [-0.39, 0.29) is 5.78 Å². The first kappa shape index (κ1) is 19.1. The first-order chi connectivity index (χ1) is 12.9. The number of allylic oxidation sites excluding steroid dienone is 1. The van der Waals surface area contributed by atoms with Gasteiger partial charge in [0, 0.05) is 18.8 Å². The number of hydrogen-bond acceptors (Lipinski definition) is 4. The van der Waals surface area contributed by atoms with Crippen molar-refractivity contribution in [1.82, 2.24) is 19.6 Å². The maximum absolute atomic E-state index is 12.3. The highest BCUT2D eigenvalue weighted by Gasteiger charge is 2.12. The van der Waals surface area contributed by atoms with E-state index in [9.17, 15) is 4.79 Å². The Labute approximate surface area is 166 Å². The lowest BCUT2D eigenvalue weighted by molar-refractivity contribution is 0.103. The van der Waals surface area contributed by atoms with Crippen LogP contribution in [0, 0.1) is 13.8 Å². The molecular formula is C20H21BrN4O2. The van der Waals surface area contributed by atoms with Gasteiger partial charge in [-0.3, -0.25) is 14.2 Å². The van der Waals surface area contributed by atoms with Crippen molar-refractivity contribution in [3.05, 3.63) is 69.2 Å². The summed E-state index contributed by atoms with van der Waals surface area (Å²) in [6.45, 7) is 4.57. The maximum Gasteiger partial charge on any atom is 0.203 e. The monoisotopic (exact) mass is 428 g/mol. The third-order valence-corrected chi connectivity index (χ3v) is 5.57. The molecule has 0 amide bonds. The topological polar surface area (TPSA) is 61.9 Å². The zero-order valence-corrected chi connectivity index (χ0v) is 17.3. The van der Waals surface area contributed by atoms with Gasteiger partial charge in [-0.05, 0) is 59.6 Å². The summed E-state index contributed by atoms with van der Waals surface area (Å²) in [7, 11) is 3.40. The second-order valence-corrected chi connectivity index (χ2v) is 7.04. The Morgan fingerprint density at radius 3 is 2.67 bits per heavy atom. The molecule has 140 valence electrons. The number of halogens is 1. The van der Waals surface area contributed by atoms with Gasteiger partial charge in [-0.1, -0.05) is 12.1 Å². The number of benzene rings is 1. The summed E-state index contributed by atoms with van der Waals surface area (Å²) in [5, 5.41) is 8.59. The minimum Gasteiger partial charge on any atom is -0.496 e. The highest BCUT2D eigenvalue weighted by Crippen LogP contribution is 2.25. The fraction of sp³-hybridized carbons (Fsp3) is 0.250. The number of ether oxygens (including phenoxy) is 1. The summed E-state index contributed by atoms with van der Waals surface area (Å²) < 4.78 is 10.0. The van der Waals surface area contributed by atoms with Crippen LogP contribution >= 0.6 is 15.9 Å². The van der Waals surface area contributed by atoms with Crippen molar-refractivity contribution in [1.29, 1.82) is 0 Å². The molecule has 0 N–H and O–H groups in total. The summed E-state index contributed by atoms with van der Waals surface area (Å²) >= 11 is 3.56. The predicted octanol–water partition coefficient (Wildman–Crippen LogP) is 3.95. The number of carbonyl (C=O) groups excluding carboxylic acids is 1. The van der Waals surface area contributed by atoms with Gasteiger partial charge in [-0.25, -0.2) is 0 Å². The maximum atomic E-state index is 12.3. The molecule has 2 aromatic heterocycles. The van der Waals surface area contributed by atoms with Gasteiger partial charge in [0.1, 0.15) is 11.4 Å². The van der Waals surface area contributed by atoms with Crippen LogP contribution in [0.2, 0.25) is 0 Å². The van der Waals surface area contributed by atoms with Crippen molar-refractivity contribution in [3.63, 3.8) is 0 Å². The summed E-state index contributed by atoms with van der Waals surface area (Å²) in [6.07, 6.45) is 4.97. The molecule has 3 aromatic rings. The lowest BCUT2D eigenvalue weighted by Crippen LogP contribution is -2.06. The Hall–Kier alpha value is -2.67. The number of hydrogen-bond donors (Lipinski definition) is 0. The molecule has 0 aliphatic heterocycles. The molecule has 6 nitrogen and oxygen atoms in total. The van der Waals surface area contributed by atoms with Crippen LogP contribution in [0.4, 0.5) is 0 Å². The van der Waals surface area contributed by atoms with Crippen molar-refractivity contribution in [2.75, 3.05) is 7.11 Å². The largest absolute Gasteiger partial charge is 0.496 e. The van der Waals surface area contributed by atoms with Crippen molar-refractivity contribution >= 4 is 27.8 Å². The van der Waals surface area contributed by atoms with Crippen molar-refractivity contribution in [2.24, 2.45) is 7.05 Å². The highest BCUT2D eigenvalue weighted by molar-refractivity contribution is 9.10. The van der Waals surface area contributed by atoms with Crippen molar-refractivity contribution in [2.45, 2.75) is 20.4 Å². The fourth-order valence-electron chi connectivity index (χ4n) is 2.89. The van der Waals surface area contributed by atoms with Crippen molar-refractivity contribution < 1.29 is 9.53 Å². The minimum absolute atomic E-state index is 0.0881. The lowest BCUT2D eigenvalue weighted by atomic mass is 10.1. The van der Waals surface area contributed by atoms with E-state index < -0.39 is 0 Å². The van der Waals surface area contributed by atoms with Gasteiger partial charge >= 0.3 is 0 Å². The van der Waals surface area contributed by atoms with Crippen LogP contribution in [0.5, 0.6) is 5.75 Å². The van der Waals surface area contributed by atoms with Crippen LogP contribution in [0.25, 0.3) is 6.08 Å². The van der Waals surface area contributed by atoms with E-state index in [1.54, 1.807) is 43.3 Å². The molecule has 0 saturated carbocycles. The molecule has 2 heterocycles. The van der Waals surface area contributed by atoms with Gasteiger partial charge in [0.05, 0.1) is 29.5 Å². The smallest absolute Gasteiger partial charge is 0.203 e. The predicted molar refractivity (Wildman–Crippen MR) is 108 cm³/mol. The molecule has 0 bridgehead atoms.